The van der Waals surface area contributed by atoms with Gasteiger partial charge in [0, 0.05) is 5.39 Å². The van der Waals surface area contributed by atoms with Crippen LogP contribution in [0.3, 0.4) is 0 Å². The standard InChI is InChI=1S/C22H23NO5/c1-15-6-5-8-18(12-15)26-11-10-22(25)27-14-21(24)23-16(2)20-13-17-7-3-4-9-19(17)28-20/h3-9,12-13,16H,10-11,14H2,1-2H3,(H,23,24)/t16-/m1/s1. The van der Waals surface area contributed by atoms with Crippen LogP contribution >= 0.6 is 0 Å². The van der Waals surface area contributed by atoms with E-state index in [1.54, 1.807) is 0 Å². The van der Waals surface area contributed by atoms with Crippen LogP contribution in [0, 0.1) is 6.92 Å². The number of carbonyl (C=O) groups excluding carboxylic acids is 2. The topological polar surface area (TPSA) is 77.8 Å². The molecular formula is C22H23NO5. The zero-order chi connectivity index (χ0) is 19.9. The van der Waals surface area contributed by atoms with Crippen molar-refractivity contribution in [1.82, 2.24) is 5.32 Å². The first kappa shape index (κ1) is 19.5. The quantitative estimate of drug-likeness (QED) is 0.598. The molecule has 0 saturated heterocycles. The Morgan fingerprint density at radius 3 is 2.71 bits per heavy atom. The molecule has 1 amide bonds. The number of ether oxygens (including phenoxy) is 2. The van der Waals surface area contributed by atoms with E-state index in [0.29, 0.717) is 11.5 Å². The van der Waals surface area contributed by atoms with Crippen molar-refractivity contribution in [1.29, 1.82) is 0 Å². The number of nitrogens with one attached hydrogen (secondary N) is 1. The van der Waals surface area contributed by atoms with Crippen LogP contribution in [0.5, 0.6) is 5.75 Å². The molecule has 28 heavy (non-hydrogen) atoms. The van der Waals surface area contributed by atoms with Crippen molar-refractivity contribution in [3.8, 4) is 5.75 Å². The SMILES string of the molecule is Cc1cccc(OCCC(=O)OCC(=O)N[C@H](C)c2cc3ccccc3o2)c1. The predicted molar refractivity (Wildman–Crippen MR) is 105 cm³/mol. The first-order valence-electron chi connectivity index (χ1n) is 9.14. The lowest BCUT2D eigenvalue weighted by Gasteiger charge is -2.12. The van der Waals surface area contributed by atoms with Gasteiger partial charge in [0.25, 0.3) is 5.91 Å². The van der Waals surface area contributed by atoms with Crippen molar-refractivity contribution in [2.75, 3.05) is 13.2 Å². The highest BCUT2D eigenvalue weighted by atomic mass is 16.5. The van der Waals surface area contributed by atoms with Gasteiger partial charge in [-0.05, 0) is 43.7 Å². The number of aryl methyl sites for hydroxylation is 1. The number of hydrogen-bond donors (Lipinski definition) is 1. The molecule has 0 aliphatic rings. The van der Waals surface area contributed by atoms with Crippen LogP contribution in [0.2, 0.25) is 0 Å². The molecule has 2 aromatic carbocycles. The minimum absolute atomic E-state index is 0.0698. The molecule has 1 heterocycles. The van der Waals surface area contributed by atoms with Gasteiger partial charge in [-0.3, -0.25) is 9.59 Å². The monoisotopic (exact) mass is 381 g/mol. The van der Waals surface area contributed by atoms with Crippen molar-refractivity contribution < 1.29 is 23.5 Å². The lowest BCUT2D eigenvalue weighted by Crippen LogP contribution is -2.31. The first-order chi connectivity index (χ1) is 13.5. The third kappa shape index (κ3) is 5.36. The molecule has 6 heteroatoms. The Labute approximate surface area is 163 Å². The Morgan fingerprint density at radius 1 is 1.11 bits per heavy atom. The Morgan fingerprint density at radius 2 is 1.93 bits per heavy atom. The van der Waals surface area contributed by atoms with Crippen molar-refractivity contribution in [3.63, 3.8) is 0 Å². The Balaban J connectivity index is 1.39. The summed E-state index contributed by atoms with van der Waals surface area (Å²) in [5, 5.41) is 3.73. The van der Waals surface area contributed by atoms with Crippen molar-refractivity contribution in [3.05, 3.63) is 65.9 Å². The third-order valence-electron chi connectivity index (χ3n) is 4.18. The van der Waals surface area contributed by atoms with Crippen LogP contribution in [-0.2, 0) is 14.3 Å². The molecule has 0 fully saturated rings. The van der Waals surface area contributed by atoms with Crippen LogP contribution in [0.15, 0.2) is 59.0 Å². The molecule has 146 valence electrons. The number of rotatable bonds is 8. The summed E-state index contributed by atoms with van der Waals surface area (Å²) in [7, 11) is 0. The number of para-hydroxylation sites is 1. The molecule has 0 saturated carbocycles. The number of fused-ring (bicyclic) bond motifs is 1. The number of benzene rings is 2. The van der Waals surface area contributed by atoms with Gasteiger partial charge in [-0.15, -0.1) is 0 Å². The van der Waals surface area contributed by atoms with Gasteiger partial charge in [0.1, 0.15) is 17.1 Å². The van der Waals surface area contributed by atoms with Crippen LogP contribution < -0.4 is 10.1 Å². The fourth-order valence-electron chi connectivity index (χ4n) is 2.75. The lowest BCUT2D eigenvalue weighted by molar-refractivity contribution is -0.149. The summed E-state index contributed by atoms with van der Waals surface area (Å²) in [4.78, 5) is 23.8. The highest BCUT2D eigenvalue weighted by Gasteiger charge is 2.15. The average molecular weight is 381 g/mol. The van der Waals surface area contributed by atoms with Crippen LogP contribution in [0.4, 0.5) is 0 Å². The molecule has 3 rings (SSSR count). The van der Waals surface area contributed by atoms with E-state index in [4.69, 9.17) is 13.9 Å². The third-order valence-corrected chi connectivity index (χ3v) is 4.18. The van der Waals surface area contributed by atoms with E-state index in [1.165, 1.54) is 0 Å². The van der Waals surface area contributed by atoms with Gasteiger partial charge in [0.2, 0.25) is 0 Å². The molecule has 3 aromatic rings. The summed E-state index contributed by atoms with van der Waals surface area (Å²) >= 11 is 0. The molecule has 0 aliphatic carbocycles. The van der Waals surface area contributed by atoms with E-state index in [9.17, 15) is 9.59 Å². The number of furan rings is 1. The maximum Gasteiger partial charge on any atom is 0.309 e. The maximum atomic E-state index is 12.0. The average Bonchev–Trinajstić information content (AvgIpc) is 3.11. The van der Waals surface area contributed by atoms with E-state index in [-0.39, 0.29) is 31.6 Å². The van der Waals surface area contributed by atoms with Gasteiger partial charge < -0.3 is 19.2 Å². The zero-order valence-electron chi connectivity index (χ0n) is 15.9. The fourth-order valence-corrected chi connectivity index (χ4v) is 2.75. The number of carbonyl (C=O) groups is 2. The Bertz CT molecular complexity index is 929. The highest BCUT2D eigenvalue weighted by Crippen LogP contribution is 2.23. The Hall–Kier alpha value is -3.28. The number of amides is 1. The second-order valence-corrected chi connectivity index (χ2v) is 6.55. The first-order valence-corrected chi connectivity index (χ1v) is 9.14. The fraction of sp³-hybridized carbons (Fsp3) is 0.273. The van der Waals surface area contributed by atoms with E-state index in [0.717, 1.165) is 16.5 Å². The minimum Gasteiger partial charge on any atom is -0.493 e. The predicted octanol–water partition coefficient (Wildman–Crippen LogP) is 3.93. The molecule has 6 nitrogen and oxygen atoms in total. The molecule has 1 aromatic heterocycles. The lowest BCUT2D eigenvalue weighted by atomic mass is 10.2. The number of hydrogen-bond acceptors (Lipinski definition) is 5. The summed E-state index contributed by atoms with van der Waals surface area (Å²) in [5.74, 6) is 0.470. The normalized spacial score (nSPS) is 11.8. The van der Waals surface area contributed by atoms with E-state index in [1.807, 2.05) is 68.4 Å². The van der Waals surface area contributed by atoms with Crippen LogP contribution in [0.25, 0.3) is 11.0 Å². The van der Waals surface area contributed by atoms with E-state index >= 15 is 0 Å². The Kier molecular flexibility index (Phi) is 6.32. The van der Waals surface area contributed by atoms with Crippen LogP contribution in [-0.4, -0.2) is 25.1 Å². The smallest absolute Gasteiger partial charge is 0.309 e. The zero-order valence-corrected chi connectivity index (χ0v) is 15.9. The van der Waals surface area contributed by atoms with Gasteiger partial charge in [-0.2, -0.15) is 0 Å². The second-order valence-electron chi connectivity index (χ2n) is 6.55. The molecule has 0 aliphatic heterocycles. The van der Waals surface area contributed by atoms with Gasteiger partial charge >= 0.3 is 5.97 Å². The summed E-state index contributed by atoms with van der Waals surface area (Å²) in [6, 6.07) is 16.7. The minimum atomic E-state index is -0.487. The molecule has 1 atom stereocenters. The maximum absolute atomic E-state index is 12.0. The summed E-state index contributed by atoms with van der Waals surface area (Å²) in [6.45, 7) is 3.63. The van der Waals surface area contributed by atoms with Gasteiger partial charge in [0.15, 0.2) is 6.61 Å². The van der Waals surface area contributed by atoms with Crippen molar-refractivity contribution in [2.24, 2.45) is 0 Å². The highest BCUT2D eigenvalue weighted by molar-refractivity contribution is 5.81. The van der Waals surface area contributed by atoms with Gasteiger partial charge in [-0.25, -0.2) is 0 Å². The second kappa shape index (κ2) is 9.08. The van der Waals surface area contributed by atoms with Crippen molar-refractivity contribution in [2.45, 2.75) is 26.3 Å². The van der Waals surface area contributed by atoms with Crippen molar-refractivity contribution >= 4 is 22.8 Å². The summed E-state index contributed by atoms with van der Waals surface area (Å²) in [5.41, 5.74) is 1.84. The summed E-state index contributed by atoms with van der Waals surface area (Å²) < 4.78 is 16.2. The summed E-state index contributed by atoms with van der Waals surface area (Å²) in [6.07, 6.45) is 0.0698. The number of esters is 1. The van der Waals surface area contributed by atoms with E-state index in [2.05, 4.69) is 5.32 Å². The van der Waals surface area contributed by atoms with Gasteiger partial charge in [0.05, 0.1) is 19.1 Å². The molecule has 0 radical (unpaired) electrons. The molecular weight excluding hydrogens is 358 g/mol. The molecule has 0 spiro atoms. The van der Waals surface area contributed by atoms with Gasteiger partial charge in [-0.1, -0.05) is 30.3 Å². The van der Waals surface area contributed by atoms with Crippen LogP contribution in [0.1, 0.15) is 30.7 Å². The molecule has 0 unspecified atom stereocenters. The largest absolute Gasteiger partial charge is 0.493 e. The van der Waals surface area contributed by atoms with E-state index < -0.39 is 5.97 Å². The molecule has 0 bridgehead atoms. The molecule has 1 N–H and O–H groups in total.